The number of aromatic hydroxyl groups is 1. The largest absolute Gasteiger partial charge is 0.493 e. The maximum absolute atomic E-state index is 12.2. The van der Waals surface area contributed by atoms with Crippen LogP contribution >= 0.6 is 0 Å². The molecule has 0 aliphatic carbocycles. The van der Waals surface area contributed by atoms with Gasteiger partial charge in [-0.3, -0.25) is 0 Å². The number of nitrogens with one attached hydrogen (secondary N) is 1. The van der Waals surface area contributed by atoms with Crippen LogP contribution in [0.25, 0.3) is 10.9 Å². The first-order chi connectivity index (χ1) is 9.47. The Balaban J connectivity index is 2.07. The van der Waals surface area contributed by atoms with E-state index < -0.39 is 10.0 Å². The molecule has 7 nitrogen and oxygen atoms in total. The van der Waals surface area contributed by atoms with Gasteiger partial charge in [-0.1, -0.05) is 18.2 Å². The van der Waals surface area contributed by atoms with Gasteiger partial charge in [0.05, 0.1) is 11.8 Å². The van der Waals surface area contributed by atoms with Gasteiger partial charge in [-0.15, -0.1) is 0 Å². The fraction of sp³-hybridized carbons (Fsp3) is 0.0833. The van der Waals surface area contributed by atoms with Crippen molar-refractivity contribution >= 4 is 20.9 Å². The van der Waals surface area contributed by atoms with E-state index in [0.717, 1.165) is 10.1 Å². The summed E-state index contributed by atoms with van der Waals surface area (Å²) in [6, 6.07) is 8.53. The van der Waals surface area contributed by atoms with E-state index in [2.05, 4.69) is 9.82 Å². The highest BCUT2D eigenvalue weighted by molar-refractivity contribution is 7.92. The molecule has 0 radical (unpaired) electrons. The quantitative estimate of drug-likeness (QED) is 0.754. The summed E-state index contributed by atoms with van der Waals surface area (Å²) in [5, 5.41) is 10.5. The summed E-state index contributed by atoms with van der Waals surface area (Å²) in [6.07, 6.45) is 2.77. The van der Waals surface area contributed by atoms with E-state index in [1.165, 1.54) is 23.2 Å². The second-order valence-electron chi connectivity index (χ2n) is 4.37. The van der Waals surface area contributed by atoms with Crippen molar-refractivity contribution in [2.75, 3.05) is 4.83 Å². The Morgan fingerprint density at radius 1 is 1.30 bits per heavy atom. The van der Waals surface area contributed by atoms with Crippen molar-refractivity contribution in [3.63, 3.8) is 0 Å². The molecule has 20 heavy (non-hydrogen) atoms. The average Bonchev–Trinajstić information content (AvgIpc) is 2.95. The third kappa shape index (κ3) is 1.99. The van der Waals surface area contributed by atoms with Gasteiger partial charge in [-0.05, 0) is 6.07 Å². The minimum atomic E-state index is -3.86. The second-order valence-corrected chi connectivity index (χ2v) is 5.98. The van der Waals surface area contributed by atoms with Gasteiger partial charge in [-0.2, -0.15) is 8.42 Å². The third-order valence-electron chi connectivity index (χ3n) is 2.86. The van der Waals surface area contributed by atoms with Gasteiger partial charge in [-0.25, -0.2) is 14.5 Å². The number of rotatable bonds is 3. The monoisotopic (exact) mass is 292 g/mol. The predicted molar refractivity (Wildman–Crippen MR) is 73.4 cm³/mol. The smallest absolute Gasteiger partial charge is 0.294 e. The van der Waals surface area contributed by atoms with Crippen LogP contribution in [-0.4, -0.2) is 27.8 Å². The van der Waals surface area contributed by atoms with Crippen LogP contribution in [0.15, 0.2) is 47.9 Å². The molecule has 3 aromatic rings. The van der Waals surface area contributed by atoms with Crippen LogP contribution in [0.5, 0.6) is 5.88 Å². The zero-order valence-electron chi connectivity index (χ0n) is 10.6. The molecule has 2 heterocycles. The molecule has 0 saturated heterocycles. The molecule has 0 amide bonds. The molecular formula is C12H12N4O3S. The molecule has 0 unspecified atom stereocenters. The SMILES string of the molecule is Cn1cnc(S(=O)(=O)Nn2c(O)cc3ccccc32)c1. The summed E-state index contributed by atoms with van der Waals surface area (Å²) in [6.45, 7) is 0. The van der Waals surface area contributed by atoms with Crippen LogP contribution in [0, 0.1) is 0 Å². The Labute approximate surface area is 115 Å². The average molecular weight is 292 g/mol. The van der Waals surface area contributed by atoms with E-state index >= 15 is 0 Å². The van der Waals surface area contributed by atoms with Crippen LogP contribution in [0.2, 0.25) is 0 Å². The lowest BCUT2D eigenvalue weighted by Gasteiger charge is -2.09. The van der Waals surface area contributed by atoms with E-state index in [1.54, 1.807) is 31.3 Å². The van der Waals surface area contributed by atoms with Crippen molar-refractivity contribution in [3.8, 4) is 5.88 Å². The standard InChI is InChI=1S/C12H12N4O3S/c1-15-7-11(13-8-15)20(18,19)14-16-10-5-3-2-4-9(10)6-12(16)17/h2-8,14,17H,1H3. The van der Waals surface area contributed by atoms with Crippen molar-refractivity contribution in [3.05, 3.63) is 42.9 Å². The van der Waals surface area contributed by atoms with E-state index in [1.807, 2.05) is 0 Å². The number of hydrogen-bond acceptors (Lipinski definition) is 4. The summed E-state index contributed by atoms with van der Waals surface area (Å²) >= 11 is 0. The summed E-state index contributed by atoms with van der Waals surface area (Å²) in [5.74, 6) is -0.189. The van der Waals surface area contributed by atoms with E-state index in [0.29, 0.717) is 5.52 Å². The number of hydrogen-bond donors (Lipinski definition) is 2. The first-order valence-corrected chi connectivity index (χ1v) is 7.26. The maximum Gasteiger partial charge on any atom is 0.294 e. The van der Waals surface area contributed by atoms with Crippen molar-refractivity contribution in [1.29, 1.82) is 0 Å². The summed E-state index contributed by atoms with van der Waals surface area (Å²) < 4.78 is 27.0. The molecule has 8 heteroatoms. The molecule has 0 spiro atoms. The van der Waals surface area contributed by atoms with Crippen molar-refractivity contribution in [2.45, 2.75) is 5.03 Å². The molecule has 3 rings (SSSR count). The Bertz CT molecular complexity index is 879. The van der Waals surface area contributed by atoms with E-state index in [-0.39, 0.29) is 10.9 Å². The molecular weight excluding hydrogens is 280 g/mol. The number of fused-ring (bicyclic) bond motifs is 1. The zero-order chi connectivity index (χ0) is 14.3. The second kappa shape index (κ2) is 4.27. The van der Waals surface area contributed by atoms with Crippen molar-refractivity contribution < 1.29 is 13.5 Å². The van der Waals surface area contributed by atoms with Gasteiger partial charge in [0.1, 0.15) is 0 Å². The fourth-order valence-corrected chi connectivity index (χ4v) is 2.95. The molecule has 0 bridgehead atoms. The molecule has 0 atom stereocenters. The van der Waals surface area contributed by atoms with Crippen LogP contribution in [0.4, 0.5) is 0 Å². The molecule has 0 aliphatic heterocycles. The normalized spacial score (nSPS) is 11.8. The molecule has 104 valence electrons. The lowest BCUT2D eigenvalue weighted by atomic mass is 10.3. The van der Waals surface area contributed by atoms with Crippen molar-refractivity contribution in [1.82, 2.24) is 14.2 Å². The minimum absolute atomic E-state index is 0.114. The number of aryl methyl sites for hydroxylation is 1. The Morgan fingerprint density at radius 3 is 2.75 bits per heavy atom. The Hall–Kier alpha value is -2.48. The minimum Gasteiger partial charge on any atom is -0.493 e. The number of benzene rings is 1. The van der Waals surface area contributed by atoms with Gasteiger partial charge >= 0.3 is 0 Å². The third-order valence-corrected chi connectivity index (χ3v) is 4.04. The van der Waals surface area contributed by atoms with Crippen LogP contribution in [0.1, 0.15) is 0 Å². The maximum atomic E-state index is 12.2. The number of para-hydroxylation sites is 1. The molecule has 0 fully saturated rings. The molecule has 0 aliphatic rings. The topological polar surface area (TPSA) is 89.2 Å². The highest BCUT2D eigenvalue weighted by Gasteiger charge is 2.19. The lowest BCUT2D eigenvalue weighted by molar-refractivity contribution is 0.439. The number of imidazole rings is 1. The van der Waals surface area contributed by atoms with E-state index in [9.17, 15) is 13.5 Å². The molecule has 2 aromatic heterocycles. The van der Waals surface area contributed by atoms with Gasteiger partial charge in [0.25, 0.3) is 10.0 Å². The molecule has 2 N–H and O–H groups in total. The van der Waals surface area contributed by atoms with Crippen LogP contribution in [-0.2, 0) is 17.1 Å². The summed E-state index contributed by atoms with van der Waals surface area (Å²) in [7, 11) is -2.18. The fourth-order valence-electron chi connectivity index (χ4n) is 1.93. The van der Waals surface area contributed by atoms with Crippen LogP contribution < -0.4 is 4.83 Å². The highest BCUT2D eigenvalue weighted by atomic mass is 32.2. The molecule has 1 aromatic carbocycles. The van der Waals surface area contributed by atoms with Gasteiger partial charge in [0.2, 0.25) is 5.88 Å². The Morgan fingerprint density at radius 2 is 2.05 bits per heavy atom. The summed E-state index contributed by atoms with van der Waals surface area (Å²) in [5.41, 5.74) is 0.560. The number of aromatic nitrogens is 3. The first-order valence-electron chi connectivity index (χ1n) is 5.77. The van der Waals surface area contributed by atoms with E-state index in [4.69, 9.17) is 0 Å². The van der Waals surface area contributed by atoms with Crippen LogP contribution in [0.3, 0.4) is 0 Å². The lowest BCUT2D eigenvalue weighted by Crippen LogP contribution is -2.23. The van der Waals surface area contributed by atoms with Gasteiger partial charge < -0.3 is 9.67 Å². The van der Waals surface area contributed by atoms with Crippen molar-refractivity contribution in [2.24, 2.45) is 7.05 Å². The first kappa shape index (κ1) is 12.5. The van der Waals surface area contributed by atoms with Gasteiger partial charge in [0, 0.05) is 24.7 Å². The molecule has 0 saturated carbocycles. The highest BCUT2D eigenvalue weighted by Crippen LogP contribution is 2.23. The zero-order valence-corrected chi connectivity index (χ0v) is 11.4. The number of nitrogens with zero attached hydrogens (tertiary/aromatic N) is 3. The Kier molecular flexibility index (Phi) is 2.68. The van der Waals surface area contributed by atoms with Gasteiger partial charge in [0.15, 0.2) is 5.03 Å². The summed E-state index contributed by atoms with van der Waals surface area (Å²) in [4.78, 5) is 6.10. The predicted octanol–water partition coefficient (Wildman–Crippen LogP) is 1.01. The number of sulfonamides is 1.